The molecule has 0 amide bonds. The second kappa shape index (κ2) is 4.59. The maximum Gasteiger partial charge on any atom is 0.389 e. The summed E-state index contributed by atoms with van der Waals surface area (Å²) in [5, 5.41) is 2.92. The highest BCUT2D eigenvalue weighted by molar-refractivity contribution is 4.61. The zero-order valence-corrected chi connectivity index (χ0v) is 6.83. The molecule has 0 bridgehead atoms. The van der Waals surface area contributed by atoms with Gasteiger partial charge in [0, 0.05) is 12.5 Å². The SMILES string of the molecule is CCNC(C)CCC(F)(F)F. The number of nitrogens with one attached hydrogen (secondary N) is 1. The fraction of sp³-hybridized carbons (Fsp3) is 1.00. The lowest BCUT2D eigenvalue weighted by Crippen LogP contribution is -2.27. The lowest BCUT2D eigenvalue weighted by Gasteiger charge is -2.12. The third-order valence-corrected chi connectivity index (χ3v) is 1.41. The molecule has 0 rings (SSSR count). The highest BCUT2D eigenvalue weighted by Gasteiger charge is 2.26. The zero-order chi connectivity index (χ0) is 8.91. The molecular weight excluding hydrogens is 155 g/mol. The van der Waals surface area contributed by atoms with Crippen LogP contribution in [0.2, 0.25) is 0 Å². The smallest absolute Gasteiger partial charge is 0.315 e. The van der Waals surface area contributed by atoms with Gasteiger partial charge in [0.25, 0.3) is 0 Å². The third-order valence-electron chi connectivity index (χ3n) is 1.41. The molecule has 0 aromatic carbocycles. The van der Waals surface area contributed by atoms with Crippen LogP contribution in [0.3, 0.4) is 0 Å². The van der Waals surface area contributed by atoms with Crippen LogP contribution in [-0.4, -0.2) is 18.8 Å². The molecule has 0 aliphatic rings. The molecule has 1 nitrogen and oxygen atoms in total. The summed E-state index contributed by atoms with van der Waals surface area (Å²) < 4.78 is 34.9. The van der Waals surface area contributed by atoms with E-state index in [1.807, 2.05) is 6.92 Å². The van der Waals surface area contributed by atoms with Crippen molar-refractivity contribution in [2.24, 2.45) is 0 Å². The van der Waals surface area contributed by atoms with Crippen molar-refractivity contribution in [1.82, 2.24) is 5.32 Å². The van der Waals surface area contributed by atoms with Crippen LogP contribution in [-0.2, 0) is 0 Å². The molecule has 0 radical (unpaired) electrons. The molecule has 11 heavy (non-hydrogen) atoms. The first kappa shape index (κ1) is 10.8. The number of hydrogen-bond donors (Lipinski definition) is 1. The Kier molecular flexibility index (Phi) is 4.49. The average Bonchev–Trinajstić information content (AvgIpc) is 1.83. The van der Waals surface area contributed by atoms with Gasteiger partial charge in [0.2, 0.25) is 0 Å². The van der Waals surface area contributed by atoms with Crippen LogP contribution in [0.1, 0.15) is 26.7 Å². The molecule has 68 valence electrons. The predicted molar refractivity (Wildman–Crippen MR) is 38.4 cm³/mol. The van der Waals surface area contributed by atoms with Crippen LogP contribution in [0.15, 0.2) is 0 Å². The van der Waals surface area contributed by atoms with Gasteiger partial charge in [0.1, 0.15) is 0 Å². The number of rotatable bonds is 4. The summed E-state index contributed by atoms with van der Waals surface area (Å²) in [6.45, 7) is 4.36. The van der Waals surface area contributed by atoms with Crippen LogP contribution >= 0.6 is 0 Å². The van der Waals surface area contributed by atoms with Gasteiger partial charge in [-0.15, -0.1) is 0 Å². The molecule has 0 aliphatic carbocycles. The molecule has 0 heterocycles. The van der Waals surface area contributed by atoms with E-state index in [1.54, 1.807) is 6.92 Å². The van der Waals surface area contributed by atoms with Gasteiger partial charge in [-0.1, -0.05) is 6.92 Å². The Hall–Kier alpha value is -0.250. The lowest BCUT2D eigenvalue weighted by molar-refractivity contribution is -0.136. The Morgan fingerprint density at radius 2 is 1.91 bits per heavy atom. The zero-order valence-electron chi connectivity index (χ0n) is 6.83. The molecule has 0 aliphatic heterocycles. The van der Waals surface area contributed by atoms with E-state index < -0.39 is 12.6 Å². The maximum absolute atomic E-state index is 11.6. The van der Waals surface area contributed by atoms with Crippen molar-refractivity contribution in [2.75, 3.05) is 6.54 Å². The quantitative estimate of drug-likeness (QED) is 0.681. The first-order valence-corrected chi connectivity index (χ1v) is 3.76. The van der Waals surface area contributed by atoms with E-state index in [1.165, 1.54) is 0 Å². The minimum Gasteiger partial charge on any atom is -0.315 e. The van der Waals surface area contributed by atoms with Gasteiger partial charge >= 0.3 is 6.18 Å². The maximum atomic E-state index is 11.6. The lowest BCUT2D eigenvalue weighted by atomic mass is 10.2. The van der Waals surface area contributed by atoms with Gasteiger partial charge in [-0.25, -0.2) is 0 Å². The minimum absolute atomic E-state index is 0.0402. The summed E-state index contributed by atoms with van der Waals surface area (Å²) in [7, 11) is 0. The molecule has 1 unspecified atom stereocenters. The molecule has 1 N–H and O–H groups in total. The molecule has 1 atom stereocenters. The van der Waals surface area contributed by atoms with E-state index in [4.69, 9.17) is 0 Å². The average molecular weight is 169 g/mol. The molecule has 0 spiro atoms. The summed E-state index contributed by atoms with van der Waals surface area (Å²) in [5.74, 6) is 0. The van der Waals surface area contributed by atoms with Crippen molar-refractivity contribution in [2.45, 2.75) is 38.9 Å². The standard InChI is InChI=1S/C7H14F3N/c1-3-11-6(2)4-5-7(8,9)10/h6,11H,3-5H2,1-2H3. The first-order chi connectivity index (χ1) is 4.95. The second-order valence-electron chi connectivity index (χ2n) is 2.61. The van der Waals surface area contributed by atoms with E-state index in [9.17, 15) is 13.2 Å². The van der Waals surface area contributed by atoms with E-state index >= 15 is 0 Å². The molecule has 0 fully saturated rings. The topological polar surface area (TPSA) is 12.0 Å². The van der Waals surface area contributed by atoms with Gasteiger partial charge < -0.3 is 5.32 Å². The summed E-state index contributed by atoms with van der Waals surface area (Å²) in [6, 6.07) is -0.0402. The van der Waals surface area contributed by atoms with Crippen LogP contribution in [0.25, 0.3) is 0 Å². The third kappa shape index (κ3) is 7.65. The van der Waals surface area contributed by atoms with E-state index in [0.29, 0.717) is 0 Å². The molecule has 0 aromatic rings. The van der Waals surface area contributed by atoms with Crippen molar-refractivity contribution in [3.8, 4) is 0 Å². The molecule has 4 heteroatoms. The van der Waals surface area contributed by atoms with Gasteiger partial charge in [0.05, 0.1) is 0 Å². The van der Waals surface area contributed by atoms with E-state index in [-0.39, 0.29) is 12.5 Å². The van der Waals surface area contributed by atoms with Crippen LogP contribution in [0.5, 0.6) is 0 Å². The van der Waals surface area contributed by atoms with Crippen molar-refractivity contribution in [3.05, 3.63) is 0 Å². The molecule has 0 saturated heterocycles. The van der Waals surface area contributed by atoms with Gasteiger partial charge in [-0.05, 0) is 19.9 Å². The van der Waals surface area contributed by atoms with Gasteiger partial charge in [-0.2, -0.15) is 13.2 Å². The van der Waals surface area contributed by atoms with Crippen molar-refractivity contribution >= 4 is 0 Å². The van der Waals surface area contributed by atoms with Gasteiger partial charge in [-0.3, -0.25) is 0 Å². The molecule has 0 aromatic heterocycles. The van der Waals surface area contributed by atoms with Crippen LogP contribution < -0.4 is 5.32 Å². The molecular formula is C7H14F3N. The van der Waals surface area contributed by atoms with Gasteiger partial charge in [0.15, 0.2) is 0 Å². The summed E-state index contributed by atoms with van der Waals surface area (Å²) in [6.07, 6.45) is -4.54. The fourth-order valence-electron chi connectivity index (χ4n) is 0.831. The monoisotopic (exact) mass is 169 g/mol. The van der Waals surface area contributed by atoms with Crippen molar-refractivity contribution in [1.29, 1.82) is 0 Å². The number of halogens is 3. The summed E-state index contributed by atoms with van der Waals surface area (Å²) in [4.78, 5) is 0. The van der Waals surface area contributed by atoms with Crippen molar-refractivity contribution in [3.63, 3.8) is 0 Å². The summed E-state index contributed by atoms with van der Waals surface area (Å²) in [5.41, 5.74) is 0. The van der Waals surface area contributed by atoms with E-state index in [0.717, 1.165) is 6.54 Å². The van der Waals surface area contributed by atoms with Crippen LogP contribution in [0, 0.1) is 0 Å². The highest BCUT2D eigenvalue weighted by Crippen LogP contribution is 2.21. The minimum atomic E-state index is -4.01. The number of hydrogen-bond acceptors (Lipinski definition) is 1. The number of alkyl halides is 3. The highest BCUT2D eigenvalue weighted by atomic mass is 19.4. The Morgan fingerprint density at radius 3 is 2.27 bits per heavy atom. The predicted octanol–water partition coefficient (Wildman–Crippen LogP) is 2.33. The first-order valence-electron chi connectivity index (χ1n) is 3.76. The molecule has 0 saturated carbocycles. The van der Waals surface area contributed by atoms with Crippen LogP contribution in [0.4, 0.5) is 13.2 Å². The Morgan fingerprint density at radius 1 is 1.36 bits per heavy atom. The Labute approximate surface area is 65.0 Å². The summed E-state index contributed by atoms with van der Waals surface area (Å²) >= 11 is 0. The fourth-order valence-corrected chi connectivity index (χ4v) is 0.831. The normalized spacial score (nSPS) is 15.0. The Balaban J connectivity index is 3.38. The largest absolute Gasteiger partial charge is 0.389 e. The Bertz CT molecular complexity index is 100. The second-order valence-corrected chi connectivity index (χ2v) is 2.61. The van der Waals surface area contributed by atoms with E-state index in [2.05, 4.69) is 5.32 Å². The van der Waals surface area contributed by atoms with Crippen molar-refractivity contribution < 1.29 is 13.2 Å².